The summed E-state index contributed by atoms with van der Waals surface area (Å²) < 4.78 is 0. The van der Waals surface area contributed by atoms with E-state index in [0.29, 0.717) is 18.3 Å². The van der Waals surface area contributed by atoms with Gasteiger partial charge in [-0.25, -0.2) is 0 Å². The highest BCUT2D eigenvalue weighted by atomic mass is 16.1. The normalized spacial score (nSPS) is 13.3. The van der Waals surface area contributed by atoms with Crippen molar-refractivity contribution < 1.29 is 4.79 Å². The fourth-order valence-electron chi connectivity index (χ4n) is 3.01. The van der Waals surface area contributed by atoms with Gasteiger partial charge in [-0.2, -0.15) is 0 Å². The van der Waals surface area contributed by atoms with Crippen LogP contribution >= 0.6 is 0 Å². The molecule has 2 rings (SSSR count). The van der Waals surface area contributed by atoms with Gasteiger partial charge in [-0.3, -0.25) is 9.78 Å². The third-order valence-electron chi connectivity index (χ3n) is 4.97. The third-order valence-corrected chi connectivity index (χ3v) is 4.97. The predicted molar refractivity (Wildman–Crippen MR) is 114 cm³/mol. The fourth-order valence-corrected chi connectivity index (χ4v) is 3.01. The molecule has 0 aliphatic heterocycles. The molecule has 0 aliphatic rings. The van der Waals surface area contributed by atoms with Crippen LogP contribution in [-0.4, -0.2) is 24.2 Å². The van der Waals surface area contributed by atoms with Crippen molar-refractivity contribution in [3.8, 4) is 0 Å². The number of pyridine rings is 1. The Kier molecular flexibility index (Phi) is 7.93. The number of nitrogens with zero attached hydrogens (tertiary/aromatic N) is 2. The van der Waals surface area contributed by atoms with Gasteiger partial charge in [0.05, 0.1) is 6.42 Å². The molecule has 2 atom stereocenters. The standard InChI is InChI=1S/C23H29N3O/c1-17(7-6-12-24-4)18(2)19(3)21-8-5-9-22(16-21)26-23(27)15-20-10-13-25-14-11-20/h5,8-14,16-18H,3,6-7,15H2,1-2,4H3,(H,26,27). The number of amides is 1. The fraction of sp³-hybridized carbons (Fsp3) is 0.348. The minimum atomic E-state index is -0.0377. The Balaban J connectivity index is 1.99. The lowest BCUT2D eigenvalue weighted by Crippen LogP contribution is -2.15. The molecule has 1 heterocycles. The van der Waals surface area contributed by atoms with Crippen LogP contribution in [-0.2, 0) is 11.2 Å². The highest BCUT2D eigenvalue weighted by molar-refractivity contribution is 5.92. The van der Waals surface area contributed by atoms with Gasteiger partial charge in [-0.05, 0) is 71.9 Å². The number of allylic oxidation sites excluding steroid dienone is 1. The first-order valence-electron chi connectivity index (χ1n) is 9.40. The zero-order chi connectivity index (χ0) is 19.6. The van der Waals surface area contributed by atoms with E-state index in [1.807, 2.05) is 43.6 Å². The van der Waals surface area contributed by atoms with Crippen molar-refractivity contribution in [3.05, 3.63) is 66.5 Å². The second-order valence-electron chi connectivity index (χ2n) is 6.97. The van der Waals surface area contributed by atoms with Crippen molar-refractivity contribution in [2.75, 3.05) is 12.4 Å². The predicted octanol–water partition coefficient (Wildman–Crippen LogP) is 5.03. The van der Waals surface area contributed by atoms with E-state index >= 15 is 0 Å². The van der Waals surface area contributed by atoms with Crippen LogP contribution in [0.15, 0.2) is 60.4 Å². The van der Waals surface area contributed by atoms with E-state index in [2.05, 4.69) is 41.8 Å². The van der Waals surface area contributed by atoms with E-state index in [1.54, 1.807) is 12.4 Å². The smallest absolute Gasteiger partial charge is 0.228 e. The topological polar surface area (TPSA) is 54.4 Å². The summed E-state index contributed by atoms with van der Waals surface area (Å²) in [6, 6.07) is 11.6. The molecule has 27 heavy (non-hydrogen) atoms. The van der Waals surface area contributed by atoms with Gasteiger partial charge < -0.3 is 10.3 Å². The Morgan fingerprint density at radius 1 is 1.26 bits per heavy atom. The maximum Gasteiger partial charge on any atom is 0.228 e. The lowest BCUT2D eigenvalue weighted by molar-refractivity contribution is -0.115. The van der Waals surface area contributed by atoms with E-state index in [0.717, 1.165) is 35.2 Å². The van der Waals surface area contributed by atoms with Gasteiger partial charge in [0.1, 0.15) is 0 Å². The van der Waals surface area contributed by atoms with Crippen molar-refractivity contribution in [1.82, 2.24) is 4.98 Å². The molecule has 0 radical (unpaired) electrons. The van der Waals surface area contributed by atoms with Gasteiger partial charge in [0.2, 0.25) is 5.91 Å². The first-order chi connectivity index (χ1) is 13.0. The first-order valence-corrected chi connectivity index (χ1v) is 9.40. The number of nitrogens with one attached hydrogen (secondary N) is 1. The summed E-state index contributed by atoms with van der Waals surface area (Å²) in [6.07, 6.45) is 7.76. The van der Waals surface area contributed by atoms with Gasteiger partial charge in [-0.1, -0.05) is 32.6 Å². The molecule has 1 amide bonds. The number of rotatable bonds is 9. The zero-order valence-electron chi connectivity index (χ0n) is 16.5. The van der Waals surface area contributed by atoms with Gasteiger partial charge in [-0.15, -0.1) is 0 Å². The first kappa shape index (κ1) is 20.6. The number of carbonyl (C=O) groups excluding carboxylic acids is 1. The number of aliphatic imine (C=N–C) groups is 1. The lowest BCUT2D eigenvalue weighted by atomic mass is 9.83. The van der Waals surface area contributed by atoms with Crippen LogP contribution < -0.4 is 5.32 Å². The van der Waals surface area contributed by atoms with Crippen molar-refractivity contribution in [2.45, 2.75) is 33.1 Å². The van der Waals surface area contributed by atoms with Gasteiger partial charge >= 0.3 is 0 Å². The molecule has 1 aromatic carbocycles. The largest absolute Gasteiger partial charge is 0.326 e. The molecule has 0 saturated heterocycles. The third kappa shape index (κ3) is 6.48. The van der Waals surface area contributed by atoms with Crippen LogP contribution in [0, 0.1) is 11.8 Å². The highest BCUT2D eigenvalue weighted by Crippen LogP contribution is 2.31. The lowest BCUT2D eigenvalue weighted by Gasteiger charge is -2.22. The van der Waals surface area contributed by atoms with Crippen LogP contribution in [0.1, 0.15) is 37.8 Å². The van der Waals surface area contributed by atoms with Gasteiger partial charge in [0, 0.05) is 25.1 Å². The summed E-state index contributed by atoms with van der Waals surface area (Å²) in [7, 11) is 1.81. The van der Waals surface area contributed by atoms with Crippen molar-refractivity contribution in [3.63, 3.8) is 0 Å². The van der Waals surface area contributed by atoms with E-state index in [-0.39, 0.29) is 5.91 Å². The van der Waals surface area contributed by atoms with Crippen molar-refractivity contribution in [2.24, 2.45) is 16.8 Å². The monoisotopic (exact) mass is 363 g/mol. The van der Waals surface area contributed by atoms with Crippen molar-refractivity contribution in [1.29, 1.82) is 0 Å². The Morgan fingerprint density at radius 3 is 2.70 bits per heavy atom. The quantitative estimate of drug-likeness (QED) is 0.635. The second-order valence-corrected chi connectivity index (χ2v) is 6.97. The summed E-state index contributed by atoms with van der Waals surface area (Å²) >= 11 is 0. The highest BCUT2D eigenvalue weighted by Gasteiger charge is 2.16. The van der Waals surface area contributed by atoms with Crippen molar-refractivity contribution >= 4 is 23.4 Å². The molecule has 2 aromatic rings. The minimum absolute atomic E-state index is 0.0377. The van der Waals surface area contributed by atoms with Crippen LogP contribution in [0.4, 0.5) is 5.69 Å². The molecule has 1 aromatic heterocycles. The van der Waals surface area contributed by atoms with Crippen LogP contribution in [0.25, 0.3) is 5.57 Å². The molecule has 1 N–H and O–H groups in total. The number of hydrogen-bond acceptors (Lipinski definition) is 3. The van der Waals surface area contributed by atoms with E-state index in [4.69, 9.17) is 0 Å². The summed E-state index contributed by atoms with van der Waals surface area (Å²) in [4.78, 5) is 20.3. The van der Waals surface area contributed by atoms with Crippen LogP contribution in [0.3, 0.4) is 0 Å². The molecular weight excluding hydrogens is 334 g/mol. The molecule has 0 spiro atoms. The molecule has 0 fully saturated rings. The number of anilines is 1. The Bertz CT molecular complexity index is 783. The minimum Gasteiger partial charge on any atom is -0.326 e. The molecule has 2 unspecified atom stereocenters. The van der Waals surface area contributed by atoms with E-state index < -0.39 is 0 Å². The summed E-state index contributed by atoms with van der Waals surface area (Å²) in [6.45, 7) is 8.77. The SMILES string of the molecule is C=C(c1cccc(NC(=O)Cc2ccncc2)c1)C(C)C(C)CCC=NC. The van der Waals surface area contributed by atoms with Crippen LogP contribution in [0.2, 0.25) is 0 Å². The zero-order valence-corrected chi connectivity index (χ0v) is 16.5. The molecule has 0 bridgehead atoms. The summed E-state index contributed by atoms with van der Waals surface area (Å²) in [5.74, 6) is 0.836. The second kappa shape index (κ2) is 10.4. The summed E-state index contributed by atoms with van der Waals surface area (Å²) in [5.41, 5.74) is 3.91. The molecule has 4 heteroatoms. The molecule has 142 valence electrons. The molecular formula is C23H29N3O. The molecule has 4 nitrogen and oxygen atoms in total. The molecule has 0 saturated carbocycles. The van der Waals surface area contributed by atoms with Gasteiger partial charge in [0.15, 0.2) is 0 Å². The maximum absolute atomic E-state index is 12.3. The van der Waals surface area contributed by atoms with E-state index in [9.17, 15) is 4.79 Å². The average molecular weight is 364 g/mol. The Hall–Kier alpha value is -2.75. The van der Waals surface area contributed by atoms with E-state index in [1.165, 1.54) is 0 Å². The Labute approximate surface area is 162 Å². The summed E-state index contributed by atoms with van der Waals surface area (Å²) in [5, 5.41) is 2.98. The average Bonchev–Trinajstić information content (AvgIpc) is 2.67. The maximum atomic E-state index is 12.3. The molecule has 0 aliphatic carbocycles. The number of benzene rings is 1. The van der Waals surface area contributed by atoms with Crippen LogP contribution in [0.5, 0.6) is 0 Å². The Morgan fingerprint density at radius 2 is 2.00 bits per heavy atom. The number of aromatic nitrogens is 1. The number of hydrogen-bond donors (Lipinski definition) is 1. The number of carbonyl (C=O) groups is 1. The van der Waals surface area contributed by atoms with Gasteiger partial charge in [0.25, 0.3) is 0 Å².